The first kappa shape index (κ1) is 15.9. The van der Waals surface area contributed by atoms with Crippen molar-refractivity contribution in [3.05, 3.63) is 44.5 Å². The minimum Gasteiger partial charge on any atom is -0.438 e. The van der Waals surface area contributed by atoms with Gasteiger partial charge in [-0.15, -0.1) is 0 Å². The molecule has 2 heterocycles. The second kappa shape index (κ2) is 7.04. The summed E-state index contributed by atoms with van der Waals surface area (Å²) in [5, 5.41) is 1.09. The van der Waals surface area contributed by atoms with Gasteiger partial charge in [0.2, 0.25) is 5.88 Å². The molecule has 4 nitrogen and oxygen atoms in total. The van der Waals surface area contributed by atoms with Gasteiger partial charge in [-0.1, -0.05) is 23.2 Å². The van der Waals surface area contributed by atoms with E-state index in [9.17, 15) is 0 Å². The van der Waals surface area contributed by atoms with E-state index in [-0.39, 0.29) is 0 Å². The Morgan fingerprint density at radius 2 is 1.95 bits per heavy atom. The van der Waals surface area contributed by atoms with Crippen molar-refractivity contribution in [3.8, 4) is 0 Å². The van der Waals surface area contributed by atoms with Gasteiger partial charge in [0, 0.05) is 24.2 Å². The van der Waals surface area contributed by atoms with Crippen molar-refractivity contribution in [2.75, 3.05) is 31.2 Å². The summed E-state index contributed by atoms with van der Waals surface area (Å²) in [4.78, 5) is 6.48. The third-order valence-electron chi connectivity index (χ3n) is 3.23. The normalized spacial score (nSPS) is 15.7. The summed E-state index contributed by atoms with van der Waals surface area (Å²) in [6.45, 7) is 3.03. The Labute approximate surface area is 146 Å². The summed E-state index contributed by atoms with van der Waals surface area (Å²) >= 11 is 15.5. The summed E-state index contributed by atoms with van der Waals surface area (Å²) in [6, 6.07) is 7.06. The first-order chi connectivity index (χ1) is 10.6. The van der Waals surface area contributed by atoms with E-state index < -0.39 is 0 Å². The van der Waals surface area contributed by atoms with Crippen LogP contribution in [-0.4, -0.2) is 32.5 Å². The first-order valence-electron chi connectivity index (χ1n) is 6.74. The van der Waals surface area contributed by atoms with Gasteiger partial charge >= 0.3 is 0 Å². The molecule has 0 saturated carbocycles. The quantitative estimate of drug-likeness (QED) is 0.681. The number of ether oxygens (including phenoxy) is 1. The van der Waals surface area contributed by atoms with Crippen molar-refractivity contribution in [3.63, 3.8) is 0 Å². The topological polar surface area (TPSA) is 38.0 Å². The average Bonchev–Trinajstić information content (AvgIpc) is 2.88. The second-order valence-electron chi connectivity index (χ2n) is 4.76. The van der Waals surface area contributed by atoms with Crippen molar-refractivity contribution < 1.29 is 9.15 Å². The van der Waals surface area contributed by atoms with Crippen LogP contribution in [0.1, 0.15) is 5.76 Å². The van der Waals surface area contributed by atoms with Gasteiger partial charge in [0.05, 0.1) is 34.6 Å². The number of halogens is 3. The lowest BCUT2D eigenvalue weighted by atomic mass is 10.3. The van der Waals surface area contributed by atoms with Crippen LogP contribution in [0.15, 0.2) is 38.1 Å². The lowest BCUT2D eigenvalue weighted by molar-refractivity contribution is 0.120. The number of aliphatic imine (C=N–C) groups is 1. The van der Waals surface area contributed by atoms with E-state index in [1.54, 1.807) is 24.4 Å². The van der Waals surface area contributed by atoms with Crippen LogP contribution in [-0.2, 0) is 4.74 Å². The molecule has 7 heteroatoms. The zero-order valence-corrected chi connectivity index (χ0v) is 14.7. The molecule has 116 valence electrons. The summed E-state index contributed by atoms with van der Waals surface area (Å²) in [6.07, 6.45) is 1.64. The van der Waals surface area contributed by atoms with Gasteiger partial charge in [0.1, 0.15) is 5.76 Å². The fourth-order valence-electron chi connectivity index (χ4n) is 2.14. The van der Waals surface area contributed by atoms with Crippen LogP contribution in [0, 0.1) is 0 Å². The highest BCUT2D eigenvalue weighted by molar-refractivity contribution is 9.10. The molecule has 0 bridgehead atoms. The fourth-order valence-corrected chi connectivity index (χ4v) is 3.16. The van der Waals surface area contributed by atoms with E-state index in [1.165, 1.54) is 0 Å². The second-order valence-corrected chi connectivity index (χ2v) is 6.45. The zero-order valence-electron chi connectivity index (χ0n) is 11.6. The van der Waals surface area contributed by atoms with E-state index in [1.807, 2.05) is 6.07 Å². The number of rotatable bonds is 3. The molecular formula is C15H13BrCl2N2O2. The Morgan fingerprint density at radius 3 is 2.68 bits per heavy atom. The largest absolute Gasteiger partial charge is 0.438 e. The number of morpholine rings is 1. The van der Waals surface area contributed by atoms with Crippen molar-refractivity contribution in [2.45, 2.75) is 0 Å². The third-order valence-corrected chi connectivity index (χ3v) is 4.33. The molecule has 0 spiro atoms. The van der Waals surface area contributed by atoms with Crippen LogP contribution in [0.25, 0.3) is 0 Å². The van der Waals surface area contributed by atoms with Gasteiger partial charge in [-0.2, -0.15) is 0 Å². The van der Waals surface area contributed by atoms with E-state index in [0.717, 1.165) is 23.4 Å². The number of nitrogens with zero attached hydrogens (tertiary/aromatic N) is 2. The Balaban J connectivity index is 1.79. The number of benzene rings is 1. The van der Waals surface area contributed by atoms with Gasteiger partial charge in [-0.25, -0.2) is 0 Å². The molecule has 0 N–H and O–H groups in total. The molecule has 2 aromatic rings. The number of hydrogen-bond acceptors (Lipinski definition) is 4. The first-order valence-corrected chi connectivity index (χ1v) is 8.29. The molecule has 0 aliphatic carbocycles. The molecule has 1 fully saturated rings. The van der Waals surface area contributed by atoms with Gasteiger partial charge in [0.25, 0.3) is 0 Å². The molecule has 1 aliphatic heterocycles. The molecule has 22 heavy (non-hydrogen) atoms. The summed E-state index contributed by atoms with van der Waals surface area (Å²) in [5.74, 6) is 1.45. The molecule has 1 aromatic carbocycles. The minimum absolute atomic E-state index is 0.503. The maximum absolute atomic E-state index is 6.09. The fraction of sp³-hybridized carbons (Fsp3) is 0.267. The van der Waals surface area contributed by atoms with Crippen molar-refractivity contribution in [2.24, 2.45) is 4.99 Å². The Hall–Kier alpha value is -1.01. The van der Waals surface area contributed by atoms with Gasteiger partial charge in [-0.3, -0.25) is 4.99 Å². The third kappa shape index (κ3) is 3.66. The maximum Gasteiger partial charge on any atom is 0.210 e. The molecule has 1 saturated heterocycles. The SMILES string of the molecule is Clc1ccc(N=Cc2cc(Br)c(N3CCOCC3)o2)c(Cl)c1. The van der Waals surface area contributed by atoms with Crippen LogP contribution in [0.2, 0.25) is 10.0 Å². The van der Waals surface area contributed by atoms with Crippen molar-refractivity contribution in [1.29, 1.82) is 0 Å². The standard InChI is InChI=1S/C15H13BrCl2N2O2/c16-12-8-11(22-15(12)20-3-5-21-6-4-20)9-19-14-2-1-10(17)7-13(14)18/h1-2,7-9H,3-6H2. The zero-order chi connectivity index (χ0) is 15.5. The van der Waals surface area contributed by atoms with Crippen LogP contribution in [0.3, 0.4) is 0 Å². The Kier molecular flexibility index (Phi) is 5.08. The number of hydrogen-bond donors (Lipinski definition) is 0. The van der Waals surface area contributed by atoms with E-state index in [2.05, 4.69) is 25.8 Å². The summed E-state index contributed by atoms with van der Waals surface area (Å²) in [5.41, 5.74) is 0.645. The van der Waals surface area contributed by atoms with Gasteiger partial charge in [-0.05, 0) is 34.1 Å². The van der Waals surface area contributed by atoms with Crippen molar-refractivity contribution >= 4 is 56.9 Å². The predicted molar refractivity (Wildman–Crippen MR) is 93.2 cm³/mol. The molecular weight excluding hydrogens is 391 g/mol. The molecule has 0 atom stereocenters. The highest BCUT2D eigenvalue weighted by Gasteiger charge is 2.18. The summed E-state index contributed by atoms with van der Waals surface area (Å²) in [7, 11) is 0. The monoisotopic (exact) mass is 402 g/mol. The van der Waals surface area contributed by atoms with Crippen molar-refractivity contribution in [1.82, 2.24) is 0 Å². The molecule has 0 amide bonds. The Morgan fingerprint density at radius 1 is 1.18 bits per heavy atom. The lowest BCUT2D eigenvalue weighted by Gasteiger charge is -2.26. The molecule has 3 rings (SSSR count). The van der Waals surface area contributed by atoms with Gasteiger partial charge < -0.3 is 14.1 Å². The molecule has 1 aliphatic rings. The molecule has 0 radical (unpaired) electrons. The Bertz CT molecular complexity index is 697. The van der Waals surface area contributed by atoms with Crippen LogP contribution in [0.5, 0.6) is 0 Å². The summed E-state index contributed by atoms with van der Waals surface area (Å²) < 4.78 is 12.1. The average molecular weight is 404 g/mol. The smallest absolute Gasteiger partial charge is 0.210 e. The van der Waals surface area contributed by atoms with Crippen LogP contribution in [0.4, 0.5) is 11.6 Å². The maximum atomic E-state index is 6.09. The lowest BCUT2D eigenvalue weighted by Crippen LogP contribution is -2.36. The number of furan rings is 1. The predicted octanol–water partition coefficient (Wildman–Crippen LogP) is 4.94. The minimum atomic E-state index is 0.503. The van der Waals surface area contributed by atoms with E-state index >= 15 is 0 Å². The van der Waals surface area contributed by atoms with Crippen LogP contribution >= 0.6 is 39.1 Å². The van der Waals surface area contributed by atoms with Gasteiger partial charge in [0.15, 0.2) is 0 Å². The van der Waals surface area contributed by atoms with E-state index in [0.29, 0.717) is 34.7 Å². The van der Waals surface area contributed by atoms with Crippen LogP contribution < -0.4 is 4.90 Å². The molecule has 1 aromatic heterocycles. The highest BCUT2D eigenvalue weighted by Crippen LogP contribution is 2.31. The highest BCUT2D eigenvalue weighted by atomic mass is 79.9. The number of anilines is 1. The van der Waals surface area contributed by atoms with E-state index in [4.69, 9.17) is 32.4 Å². The molecule has 0 unspecified atom stereocenters.